The Kier molecular flexibility index (Phi) is 4.26. The first-order valence-electron chi connectivity index (χ1n) is 7.35. The van der Waals surface area contributed by atoms with Gasteiger partial charge >= 0.3 is 0 Å². The number of benzene rings is 1. The first-order valence-corrected chi connectivity index (χ1v) is 7.35. The molecule has 0 unspecified atom stereocenters. The third kappa shape index (κ3) is 2.85. The second-order valence-corrected chi connectivity index (χ2v) is 5.49. The predicted molar refractivity (Wildman–Crippen MR) is 87.1 cm³/mol. The van der Waals surface area contributed by atoms with Crippen LogP contribution >= 0.6 is 0 Å². The molecule has 0 radical (unpaired) electrons. The van der Waals surface area contributed by atoms with Crippen molar-refractivity contribution >= 4 is 22.4 Å². The molecule has 24 heavy (non-hydrogen) atoms. The summed E-state index contributed by atoms with van der Waals surface area (Å²) >= 11 is 0. The second-order valence-electron chi connectivity index (χ2n) is 5.49. The van der Waals surface area contributed by atoms with Crippen molar-refractivity contribution in [1.29, 1.82) is 0 Å². The maximum Gasteiger partial charge on any atom is 0.270 e. The van der Waals surface area contributed by atoms with Crippen molar-refractivity contribution in [2.24, 2.45) is 0 Å². The molecule has 1 aliphatic heterocycles. The first-order chi connectivity index (χ1) is 11.5. The largest absolute Gasteiger partial charge is 0.485 e. The number of non-ortho nitro benzene ring substituents is 1. The number of nitrogens with zero attached hydrogens (tertiary/aromatic N) is 1. The van der Waals surface area contributed by atoms with Crippen molar-refractivity contribution in [1.82, 2.24) is 0 Å². The fourth-order valence-electron chi connectivity index (χ4n) is 2.64. The minimum atomic E-state index is -0.434. The van der Waals surface area contributed by atoms with Gasteiger partial charge in [-0.15, -0.1) is 0 Å². The van der Waals surface area contributed by atoms with Gasteiger partial charge in [0, 0.05) is 35.8 Å². The Morgan fingerprint density at radius 1 is 1.29 bits per heavy atom. The lowest BCUT2D eigenvalue weighted by molar-refractivity contribution is -0.384. The van der Waals surface area contributed by atoms with E-state index in [9.17, 15) is 10.1 Å². The van der Waals surface area contributed by atoms with Gasteiger partial charge < -0.3 is 18.6 Å². The maximum atomic E-state index is 10.9. The third-order valence-corrected chi connectivity index (χ3v) is 3.76. The summed E-state index contributed by atoms with van der Waals surface area (Å²) in [4.78, 5) is 10.5. The Bertz CT molecular complexity index is 861. The summed E-state index contributed by atoms with van der Waals surface area (Å²) in [6.07, 6.45) is 0. The minimum Gasteiger partial charge on any atom is -0.485 e. The van der Waals surface area contributed by atoms with E-state index in [1.807, 2.05) is 13.8 Å². The molecule has 3 rings (SSSR count). The number of fused-ring (bicyclic) bond motifs is 1. The molecule has 0 spiro atoms. The van der Waals surface area contributed by atoms with Crippen LogP contribution in [0, 0.1) is 10.1 Å². The Hall–Kier alpha value is -2.80. The molecule has 1 aromatic carbocycles. The molecule has 7 heteroatoms. The molecule has 0 aliphatic carbocycles. The van der Waals surface area contributed by atoms with Crippen molar-refractivity contribution < 1.29 is 23.6 Å². The van der Waals surface area contributed by atoms with Crippen LogP contribution in [-0.2, 0) is 14.2 Å². The number of hydrogen-bond donors (Lipinski definition) is 0. The molecule has 0 saturated carbocycles. The van der Waals surface area contributed by atoms with E-state index < -0.39 is 4.92 Å². The minimum absolute atomic E-state index is 0.0185. The fourth-order valence-corrected chi connectivity index (χ4v) is 2.64. The average molecular weight is 331 g/mol. The molecular weight excluding hydrogens is 314 g/mol. The Balaban J connectivity index is 2.02. The van der Waals surface area contributed by atoms with Gasteiger partial charge in [0.2, 0.25) is 0 Å². The van der Waals surface area contributed by atoms with E-state index in [4.69, 9.17) is 18.6 Å². The van der Waals surface area contributed by atoms with Gasteiger partial charge in [-0.25, -0.2) is 0 Å². The quantitative estimate of drug-likeness (QED) is 0.468. The molecule has 1 aliphatic rings. The van der Waals surface area contributed by atoms with Gasteiger partial charge in [-0.3, -0.25) is 10.1 Å². The predicted octanol–water partition coefficient (Wildman–Crippen LogP) is 4.00. The van der Waals surface area contributed by atoms with Gasteiger partial charge in [-0.05, 0) is 26.0 Å². The standard InChI is InChI=1S/C17H17NO6/c1-10-8-22-17(11(2)16(10)23-9-21-3)15-7-12-6-13(18(19)20)4-5-14(12)24-15/h4-7H,8-9H2,1-3H3. The highest BCUT2D eigenvalue weighted by atomic mass is 16.7. The van der Waals surface area contributed by atoms with Crippen LogP contribution in [0.4, 0.5) is 5.69 Å². The summed E-state index contributed by atoms with van der Waals surface area (Å²) < 4.78 is 22.1. The van der Waals surface area contributed by atoms with Crippen molar-refractivity contribution in [3.8, 4) is 0 Å². The molecule has 1 aromatic heterocycles. The molecule has 0 bridgehead atoms. The summed E-state index contributed by atoms with van der Waals surface area (Å²) in [6, 6.07) is 6.20. The lowest BCUT2D eigenvalue weighted by atomic mass is 10.1. The summed E-state index contributed by atoms with van der Waals surface area (Å²) in [5, 5.41) is 11.5. The first kappa shape index (κ1) is 16.1. The van der Waals surface area contributed by atoms with Crippen molar-refractivity contribution in [3.05, 3.63) is 57.0 Å². The van der Waals surface area contributed by atoms with Crippen molar-refractivity contribution in [2.75, 3.05) is 20.5 Å². The van der Waals surface area contributed by atoms with E-state index in [0.29, 0.717) is 34.9 Å². The highest BCUT2D eigenvalue weighted by Gasteiger charge is 2.23. The molecule has 7 nitrogen and oxygen atoms in total. The van der Waals surface area contributed by atoms with E-state index >= 15 is 0 Å². The average Bonchev–Trinajstić information content (AvgIpc) is 2.97. The zero-order valence-electron chi connectivity index (χ0n) is 13.6. The van der Waals surface area contributed by atoms with Crippen LogP contribution in [0.15, 0.2) is 45.6 Å². The molecular formula is C17H17NO6. The zero-order chi connectivity index (χ0) is 17.3. The van der Waals surface area contributed by atoms with Crippen molar-refractivity contribution in [2.45, 2.75) is 13.8 Å². The highest BCUT2D eigenvalue weighted by Crippen LogP contribution is 2.35. The van der Waals surface area contributed by atoms with Gasteiger partial charge in [-0.2, -0.15) is 0 Å². The normalized spacial score (nSPS) is 15.0. The number of nitro groups is 1. The number of hydrogen-bond acceptors (Lipinski definition) is 6. The van der Waals surface area contributed by atoms with Crippen LogP contribution in [0.5, 0.6) is 0 Å². The van der Waals surface area contributed by atoms with Crippen molar-refractivity contribution in [3.63, 3.8) is 0 Å². The second kappa shape index (κ2) is 6.37. The van der Waals surface area contributed by atoms with Gasteiger partial charge in [0.15, 0.2) is 18.3 Å². The number of allylic oxidation sites excluding steroid dienone is 1. The molecule has 2 heterocycles. The van der Waals surface area contributed by atoms with Crippen LogP contribution in [0.1, 0.15) is 19.6 Å². The van der Waals surface area contributed by atoms with E-state index in [0.717, 1.165) is 11.1 Å². The van der Waals surface area contributed by atoms with Gasteiger partial charge in [0.1, 0.15) is 17.9 Å². The summed E-state index contributed by atoms with van der Waals surface area (Å²) in [5.41, 5.74) is 2.33. The van der Waals surface area contributed by atoms with E-state index in [1.54, 1.807) is 19.2 Å². The zero-order valence-corrected chi connectivity index (χ0v) is 13.6. The number of rotatable bonds is 5. The fraction of sp³-hybridized carbons (Fsp3) is 0.294. The third-order valence-electron chi connectivity index (χ3n) is 3.76. The summed E-state index contributed by atoms with van der Waals surface area (Å²) in [6.45, 7) is 4.32. The molecule has 0 fully saturated rings. The van der Waals surface area contributed by atoms with E-state index in [-0.39, 0.29) is 12.5 Å². The number of methoxy groups -OCH3 is 1. The van der Waals surface area contributed by atoms with Crippen LogP contribution in [0.2, 0.25) is 0 Å². The van der Waals surface area contributed by atoms with Crippen LogP contribution < -0.4 is 0 Å². The molecule has 0 atom stereocenters. The highest BCUT2D eigenvalue weighted by molar-refractivity contribution is 5.84. The molecule has 2 aromatic rings. The molecule has 0 saturated heterocycles. The maximum absolute atomic E-state index is 10.9. The van der Waals surface area contributed by atoms with Crippen LogP contribution in [0.3, 0.4) is 0 Å². The molecule has 0 N–H and O–H groups in total. The van der Waals surface area contributed by atoms with E-state index in [1.165, 1.54) is 12.1 Å². The summed E-state index contributed by atoms with van der Waals surface area (Å²) in [5.74, 6) is 1.78. The monoisotopic (exact) mass is 331 g/mol. The van der Waals surface area contributed by atoms with Gasteiger partial charge in [0.05, 0.1) is 4.92 Å². The molecule has 126 valence electrons. The van der Waals surface area contributed by atoms with Crippen LogP contribution in [0.25, 0.3) is 16.7 Å². The number of ether oxygens (including phenoxy) is 3. The van der Waals surface area contributed by atoms with E-state index in [2.05, 4.69) is 0 Å². The lowest BCUT2D eigenvalue weighted by Crippen LogP contribution is -2.12. The molecule has 0 amide bonds. The topological polar surface area (TPSA) is 84.0 Å². The Morgan fingerprint density at radius 3 is 2.79 bits per heavy atom. The van der Waals surface area contributed by atoms with Gasteiger partial charge in [-0.1, -0.05) is 0 Å². The Morgan fingerprint density at radius 2 is 2.08 bits per heavy atom. The van der Waals surface area contributed by atoms with Gasteiger partial charge in [0.25, 0.3) is 5.69 Å². The lowest BCUT2D eigenvalue weighted by Gasteiger charge is -2.22. The smallest absolute Gasteiger partial charge is 0.270 e. The van der Waals surface area contributed by atoms with Crippen LogP contribution in [-0.4, -0.2) is 25.4 Å². The summed E-state index contributed by atoms with van der Waals surface area (Å²) in [7, 11) is 1.56. The SMILES string of the molecule is COCOC1=C(C)COC(c2cc3cc([N+](=O)[O-])ccc3o2)=C1C. The number of furan rings is 1. The number of nitro benzene ring substituents is 1. The Labute approximate surface area is 138 Å².